The van der Waals surface area contributed by atoms with Gasteiger partial charge in [0.2, 0.25) is 5.91 Å². The molecule has 120 valence electrons. The Bertz CT molecular complexity index is 721. The smallest absolute Gasteiger partial charge is 0.249 e. The van der Waals surface area contributed by atoms with Gasteiger partial charge in [-0.1, -0.05) is 45.1 Å². The van der Waals surface area contributed by atoms with E-state index < -0.39 is 0 Å². The van der Waals surface area contributed by atoms with E-state index in [0.29, 0.717) is 11.6 Å². The maximum Gasteiger partial charge on any atom is 0.249 e. The average molecular weight is 310 g/mol. The summed E-state index contributed by atoms with van der Waals surface area (Å²) in [6.07, 6.45) is 8.54. The first kappa shape index (κ1) is 16.7. The van der Waals surface area contributed by atoms with E-state index in [0.717, 1.165) is 5.69 Å². The third kappa shape index (κ3) is 4.39. The van der Waals surface area contributed by atoms with Crippen molar-refractivity contribution < 1.29 is 4.79 Å². The molecule has 2 heterocycles. The summed E-state index contributed by atoms with van der Waals surface area (Å²) in [7, 11) is 0. The second-order valence-corrected chi connectivity index (χ2v) is 6.14. The lowest BCUT2D eigenvalue weighted by Gasteiger charge is -2.13. The Kier molecular flexibility index (Phi) is 5.11. The van der Waals surface area contributed by atoms with Gasteiger partial charge in [0.25, 0.3) is 0 Å². The number of anilines is 1. The Morgan fingerprint density at radius 2 is 2.04 bits per heavy atom. The minimum atomic E-state index is -0.208. The fourth-order valence-corrected chi connectivity index (χ4v) is 1.91. The number of allylic oxidation sites excluding steroid dienone is 3. The van der Waals surface area contributed by atoms with Gasteiger partial charge in [0.1, 0.15) is 5.82 Å². The third-order valence-corrected chi connectivity index (χ3v) is 3.15. The van der Waals surface area contributed by atoms with Crippen LogP contribution in [0.4, 0.5) is 5.82 Å². The largest absolute Gasteiger partial charge is 0.307 e. The monoisotopic (exact) mass is 310 g/mol. The van der Waals surface area contributed by atoms with Crippen molar-refractivity contribution in [2.45, 2.75) is 33.1 Å². The zero-order valence-corrected chi connectivity index (χ0v) is 13.9. The molecule has 0 aromatic carbocycles. The predicted molar refractivity (Wildman–Crippen MR) is 92.6 cm³/mol. The molecule has 0 atom stereocenters. The molecule has 0 aliphatic rings. The van der Waals surface area contributed by atoms with E-state index in [4.69, 9.17) is 0 Å². The van der Waals surface area contributed by atoms with Crippen LogP contribution in [-0.2, 0) is 10.2 Å². The molecule has 5 nitrogen and oxygen atoms in total. The van der Waals surface area contributed by atoms with Crippen LogP contribution in [0.5, 0.6) is 0 Å². The summed E-state index contributed by atoms with van der Waals surface area (Å²) in [5.74, 6) is 1.06. The van der Waals surface area contributed by atoms with Crippen LogP contribution in [0.2, 0.25) is 0 Å². The highest BCUT2D eigenvalue weighted by atomic mass is 16.1. The number of nitrogens with one attached hydrogen (secondary N) is 1. The molecular formula is C18H22N4O. The Labute approximate surface area is 136 Å². The van der Waals surface area contributed by atoms with E-state index in [9.17, 15) is 4.79 Å². The van der Waals surface area contributed by atoms with Crippen LogP contribution >= 0.6 is 0 Å². The normalized spacial score (nSPS) is 12.2. The van der Waals surface area contributed by atoms with Crippen LogP contribution in [0.15, 0.2) is 54.8 Å². The van der Waals surface area contributed by atoms with Gasteiger partial charge in [-0.05, 0) is 19.1 Å². The summed E-state index contributed by atoms with van der Waals surface area (Å²) in [5.41, 5.74) is 0.760. The average Bonchev–Trinajstić information content (AvgIpc) is 2.92. The van der Waals surface area contributed by atoms with E-state index in [1.807, 2.05) is 37.3 Å². The molecule has 0 radical (unpaired) electrons. The number of pyridine rings is 1. The summed E-state index contributed by atoms with van der Waals surface area (Å²) in [6.45, 7) is 8.13. The summed E-state index contributed by atoms with van der Waals surface area (Å²) >= 11 is 0. The van der Waals surface area contributed by atoms with Gasteiger partial charge in [0, 0.05) is 23.8 Å². The number of aromatic nitrogens is 3. The van der Waals surface area contributed by atoms with Crippen molar-refractivity contribution in [1.82, 2.24) is 14.8 Å². The van der Waals surface area contributed by atoms with Gasteiger partial charge >= 0.3 is 0 Å². The Morgan fingerprint density at radius 1 is 1.26 bits per heavy atom. The van der Waals surface area contributed by atoms with E-state index in [-0.39, 0.29) is 11.3 Å². The molecule has 0 spiro atoms. The first-order chi connectivity index (χ1) is 10.9. The lowest BCUT2D eigenvalue weighted by atomic mass is 9.92. The van der Waals surface area contributed by atoms with Gasteiger partial charge in [-0.2, -0.15) is 9.78 Å². The molecule has 1 N–H and O–H groups in total. The number of amides is 1. The van der Waals surface area contributed by atoms with Crippen molar-refractivity contribution in [2.24, 2.45) is 0 Å². The number of carbonyl (C=O) groups excluding carboxylic acids is 1. The number of rotatable bonds is 4. The number of carbonyl (C=O) groups is 1. The summed E-state index contributed by atoms with van der Waals surface area (Å²) in [6, 6.07) is 7.47. The summed E-state index contributed by atoms with van der Waals surface area (Å²) < 4.78 is 1.65. The highest BCUT2D eigenvalue weighted by molar-refractivity contribution is 5.99. The molecule has 5 heteroatoms. The van der Waals surface area contributed by atoms with E-state index in [1.165, 1.54) is 6.08 Å². The minimum Gasteiger partial charge on any atom is -0.307 e. The van der Waals surface area contributed by atoms with E-state index in [2.05, 4.69) is 36.2 Å². The van der Waals surface area contributed by atoms with Gasteiger partial charge in [-0.25, -0.2) is 4.98 Å². The Morgan fingerprint density at radius 3 is 2.65 bits per heavy atom. The Hall–Kier alpha value is -2.69. The summed E-state index contributed by atoms with van der Waals surface area (Å²) in [4.78, 5) is 16.3. The van der Waals surface area contributed by atoms with Crippen LogP contribution in [0, 0.1) is 0 Å². The number of hydrogen-bond acceptors (Lipinski definition) is 3. The van der Waals surface area contributed by atoms with Crippen molar-refractivity contribution >= 4 is 11.7 Å². The molecule has 23 heavy (non-hydrogen) atoms. The standard InChI is InChI=1S/C18H22N4O/c1-5-6-7-11-17(23)20-16-13-14(18(2,3)4)21-22(16)15-10-8-9-12-19-15/h5-13H,1-4H3,(H,20,23)/b6-5+,11-7+. The molecule has 0 aliphatic carbocycles. The lowest BCUT2D eigenvalue weighted by molar-refractivity contribution is -0.111. The maximum absolute atomic E-state index is 12.0. The fourth-order valence-electron chi connectivity index (χ4n) is 1.91. The zero-order chi connectivity index (χ0) is 16.9. The second-order valence-electron chi connectivity index (χ2n) is 6.14. The molecule has 2 aromatic heterocycles. The van der Waals surface area contributed by atoms with Crippen LogP contribution in [-0.4, -0.2) is 20.7 Å². The van der Waals surface area contributed by atoms with Crippen LogP contribution in [0.3, 0.4) is 0 Å². The molecule has 0 saturated carbocycles. The molecule has 2 aromatic rings. The third-order valence-electron chi connectivity index (χ3n) is 3.15. The SMILES string of the molecule is C/C=C/C=C/C(=O)Nc1cc(C(C)(C)C)nn1-c1ccccn1. The van der Waals surface area contributed by atoms with Crippen molar-refractivity contribution in [1.29, 1.82) is 0 Å². The van der Waals surface area contributed by atoms with Crippen molar-refractivity contribution in [3.8, 4) is 5.82 Å². The van der Waals surface area contributed by atoms with Crippen molar-refractivity contribution in [3.63, 3.8) is 0 Å². The van der Waals surface area contributed by atoms with Crippen LogP contribution in [0.1, 0.15) is 33.4 Å². The molecule has 0 bridgehead atoms. The summed E-state index contributed by atoms with van der Waals surface area (Å²) in [5, 5.41) is 7.46. The quantitative estimate of drug-likeness (QED) is 0.693. The van der Waals surface area contributed by atoms with E-state index >= 15 is 0 Å². The second kappa shape index (κ2) is 7.05. The topological polar surface area (TPSA) is 59.8 Å². The lowest BCUT2D eigenvalue weighted by Crippen LogP contribution is -2.13. The molecular weight excluding hydrogens is 288 g/mol. The van der Waals surface area contributed by atoms with Crippen molar-refractivity contribution in [3.05, 3.63) is 60.5 Å². The Balaban J connectivity index is 2.37. The van der Waals surface area contributed by atoms with Gasteiger partial charge in [-0.3, -0.25) is 4.79 Å². The minimum absolute atomic E-state index is 0.125. The van der Waals surface area contributed by atoms with Gasteiger partial charge < -0.3 is 5.32 Å². The maximum atomic E-state index is 12.0. The first-order valence-electron chi connectivity index (χ1n) is 7.54. The van der Waals surface area contributed by atoms with Gasteiger partial charge in [-0.15, -0.1) is 0 Å². The molecule has 2 rings (SSSR count). The molecule has 0 unspecified atom stereocenters. The molecule has 0 saturated heterocycles. The number of hydrogen-bond donors (Lipinski definition) is 1. The zero-order valence-electron chi connectivity index (χ0n) is 13.9. The predicted octanol–water partition coefficient (Wildman–Crippen LogP) is 3.64. The highest BCUT2D eigenvalue weighted by Gasteiger charge is 2.21. The van der Waals surface area contributed by atoms with Gasteiger partial charge in [0.05, 0.1) is 5.69 Å². The first-order valence-corrected chi connectivity index (χ1v) is 7.54. The van der Waals surface area contributed by atoms with Crippen LogP contribution in [0.25, 0.3) is 5.82 Å². The van der Waals surface area contributed by atoms with E-state index in [1.54, 1.807) is 23.0 Å². The van der Waals surface area contributed by atoms with Crippen molar-refractivity contribution in [2.75, 3.05) is 5.32 Å². The fraction of sp³-hybridized carbons (Fsp3) is 0.278. The van der Waals surface area contributed by atoms with Crippen LogP contribution < -0.4 is 5.32 Å². The molecule has 0 aliphatic heterocycles. The molecule has 1 amide bonds. The molecule has 0 fully saturated rings. The number of nitrogens with zero attached hydrogens (tertiary/aromatic N) is 3. The van der Waals surface area contributed by atoms with Gasteiger partial charge in [0.15, 0.2) is 5.82 Å². The highest BCUT2D eigenvalue weighted by Crippen LogP contribution is 2.25.